The van der Waals surface area contributed by atoms with E-state index in [1.54, 1.807) is 5.56 Å². The Balaban J connectivity index is 1.86. The SMILES string of the molecule is C1=CC2C3Cc4cccc5c4C2(CCN3)C(C1)O5. The summed E-state index contributed by atoms with van der Waals surface area (Å²) in [6, 6.07) is 7.25. The van der Waals surface area contributed by atoms with Crippen molar-refractivity contribution >= 4 is 0 Å². The molecule has 5 rings (SSSR count). The van der Waals surface area contributed by atoms with Crippen LogP contribution in [0.15, 0.2) is 30.4 Å². The lowest BCUT2D eigenvalue weighted by Crippen LogP contribution is -2.62. The van der Waals surface area contributed by atoms with E-state index in [-0.39, 0.29) is 5.41 Å². The van der Waals surface area contributed by atoms with Gasteiger partial charge in [-0.05, 0) is 31.0 Å². The molecule has 1 aromatic carbocycles. The van der Waals surface area contributed by atoms with Gasteiger partial charge in [0.1, 0.15) is 11.9 Å². The molecule has 2 aliphatic carbocycles. The summed E-state index contributed by atoms with van der Waals surface area (Å²) < 4.78 is 6.30. The van der Waals surface area contributed by atoms with Crippen LogP contribution in [0.1, 0.15) is 24.0 Å². The molecule has 1 saturated heterocycles. The Kier molecular flexibility index (Phi) is 1.60. The molecule has 0 saturated carbocycles. The molecule has 0 radical (unpaired) electrons. The average Bonchev–Trinajstić information content (AvgIpc) is 2.70. The minimum Gasteiger partial charge on any atom is -0.489 e. The van der Waals surface area contributed by atoms with Crippen LogP contribution in [0.5, 0.6) is 5.75 Å². The van der Waals surface area contributed by atoms with E-state index >= 15 is 0 Å². The lowest BCUT2D eigenvalue weighted by atomic mass is 9.54. The topological polar surface area (TPSA) is 21.3 Å². The maximum Gasteiger partial charge on any atom is 0.123 e. The second kappa shape index (κ2) is 3.00. The monoisotopic (exact) mass is 239 g/mol. The van der Waals surface area contributed by atoms with Crippen LogP contribution in [0.2, 0.25) is 0 Å². The van der Waals surface area contributed by atoms with Crippen molar-refractivity contribution in [1.29, 1.82) is 0 Å². The highest BCUT2D eigenvalue weighted by atomic mass is 16.5. The van der Waals surface area contributed by atoms with Gasteiger partial charge in [0.25, 0.3) is 0 Å². The third-order valence-electron chi connectivity index (χ3n) is 5.53. The summed E-state index contributed by atoms with van der Waals surface area (Å²) >= 11 is 0. The van der Waals surface area contributed by atoms with Gasteiger partial charge in [-0.25, -0.2) is 0 Å². The molecule has 1 fully saturated rings. The molecular formula is C16H17NO. The van der Waals surface area contributed by atoms with Crippen LogP contribution >= 0.6 is 0 Å². The number of hydrogen-bond acceptors (Lipinski definition) is 2. The second-order valence-electron chi connectivity index (χ2n) is 6.14. The molecule has 2 heteroatoms. The maximum atomic E-state index is 6.30. The molecule has 1 aromatic rings. The second-order valence-corrected chi connectivity index (χ2v) is 6.14. The van der Waals surface area contributed by atoms with Gasteiger partial charge >= 0.3 is 0 Å². The van der Waals surface area contributed by atoms with Gasteiger partial charge in [0.15, 0.2) is 0 Å². The highest BCUT2D eigenvalue weighted by Crippen LogP contribution is 2.59. The van der Waals surface area contributed by atoms with Crippen molar-refractivity contribution in [1.82, 2.24) is 5.32 Å². The van der Waals surface area contributed by atoms with Crippen molar-refractivity contribution < 1.29 is 4.74 Å². The van der Waals surface area contributed by atoms with Crippen LogP contribution in [0.3, 0.4) is 0 Å². The summed E-state index contributed by atoms with van der Waals surface area (Å²) in [6.07, 6.45) is 8.65. The lowest BCUT2D eigenvalue weighted by molar-refractivity contribution is 0.0565. The Morgan fingerprint density at radius 2 is 2.33 bits per heavy atom. The van der Waals surface area contributed by atoms with Gasteiger partial charge in [0.2, 0.25) is 0 Å². The fraction of sp³-hybridized carbons (Fsp3) is 0.500. The highest BCUT2D eigenvalue weighted by molar-refractivity contribution is 5.55. The summed E-state index contributed by atoms with van der Waals surface area (Å²) in [6.45, 7) is 1.14. The lowest BCUT2D eigenvalue weighted by Gasteiger charge is -2.53. The quantitative estimate of drug-likeness (QED) is 0.701. The summed E-state index contributed by atoms with van der Waals surface area (Å²) in [5.74, 6) is 1.81. The first kappa shape index (κ1) is 9.62. The molecule has 4 aliphatic rings. The number of benzene rings is 1. The minimum absolute atomic E-state index is 0.287. The third-order valence-corrected chi connectivity index (χ3v) is 5.53. The summed E-state index contributed by atoms with van der Waals surface area (Å²) in [5.41, 5.74) is 3.37. The molecular weight excluding hydrogens is 222 g/mol. The normalized spacial score (nSPS) is 42.3. The van der Waals surface area contributed by atoms with Crippen molar-refractivity contribution in [3.05, 3.63) is 41.5 Å². The molecule has 4 unspecified atom stereocenters. The van der Waals surface area contributed by atoms with Gasteiger partial charge in [0, 0.05) is 29.4 Å². The first-order valence-electron chi connectivity index (χ1n) is 7.09. The predicted octanol–water partition coefficient (Wildman–Crippen LogP) is 2.18. The Bertz CT molecular complexity index is 564. The van der Waals surface area contributed by atoms with E-state index in [4.69, 9.17) is 4.74 Å². The van der Waals surface area contributed by atoms with Gasteiger partial charge in [0.05, 0.1) is 0 Å². The molecule has 0 aromatic heterocycles. The van der Waals surface area contributed by atoms with Gasteiger partial charge in [-0.2, -0.15) is 0 Å². The summed E-state index contributed by atoms with van der Waals surface area (Å²) in [7, 11) is 0. The van der Waals surface area contributed by atoms with Crippen molar-refractivity contribution in [3.63, 3.8) is 0 Å². The molecule has 0 amide bonds. The number of ether oxygens (including phenoxy) is 1. The fourth-order valence-electron chi connectivity index (χ4n) is 4.93. The fourth-order valence-corrected chi connectivity index (χ4v) is 4.93. The minimum atomic E-state index is 0.287. The van der Waals surface area contributed by atoms with Crippen LogP contribution in [-0.2, 0) is 11.8 Å². The molecule has 1 N–H and O–H groups in total. The molecule has 1 spiro atoms. The van der Waals surface area contributed by atoms with E-state index in [0.29, 0.717) is 18.1 Å². The Morgan fingerprint density at radius 3 is 3.33 bits per heavy atom. The van der Waals surface area contributed by atoms with Crippen molar-refractivity contribution in [2.24, 2.45) is 5.92 Å². The van der Waals surface area contributed by atoms with Gasteiger partial charge in [-0.3, -0.25) is 0 Å². The van der Waals surface area contributed by atoms with Crippen molar-refractivity contribution in [2.45, 2.75) is 36.8 Å². The Morgan fingerprint density at radius 1 is 1.33 bits per heavy atom. The number of rotatable bonds is 0. The van der Waals surface area contributed by atoms with E-state index < -0.39 is 0 Å². The van der Waals surface area contributed by atoms with Crippen LogP contribution in [0.25, 0.3) is 0 Å². The zero-order valence-corrected chi connectivity index (χ0v) is 10.4. The Hall–Kier alpha value is -1.28. The molecule has 2 nitrogen and oxygen atoms in total. The van der Waals surface area contributed by atoms with Crippen molar-refractivity contribution in [3.8, 4) is 5.75 Å². The molecule has 2 aliphatic heterocycles. The van der Waals surface area contributed by atoms with E-state index in [0.717, 1.165) is 19.4 Å². The van der Waals surface area contributed by atoms with E-state index in [1.165, 1.54) is 17.7 Å². The number of piperidine rings is 1. The van der Waals surface area contributed by atoms with Crippen LogP contribution < -0.4 is 10.1 Å². The first-order chi connectivity index (χ1) is 8.89. The molecule has 18 heavy (non-hydrogen) atoms. The smallest absolute Gasteiger partial charge is 0.123 e. The Labute approximate surface area is 107 Å². The van der Waals surface area contributed by atoms with Gasteiger partial charge in [-0.15, -0.1) is 0 Å². The van der Waals surface area contributed by atoms with Gasteiger partial charge < -0.3 is 10.1 Å². The highest BCUT2D eigenvalue weighted by Gasteiger charge is 2.60. The molecule has 2 bridgehead atoms. The van der Waals surface area contributed by atoms with Crippen LogP contribution in [-0.4, -0.2) is 18.7 Å². The first-order valence-corrected chi connectivity index (χ1v) is 7.09. The van der Waals surface area contributed by atoms with Crippen LogP contribution in [0.4, 0.5) is 0 Å². The zero-order chi connectivity index (χ0) is 11.7. The molecule has 2 heterocycles. The standard InChI is InChI=1S/C16H17NO/c1-3-10-9-12-11-4-2-6-14-16(11,7-8-17-12)15(10)13(5-1)18-14/h1-5,11-12,14,17H,6-9H2. The molecule has 92 valence electrons. The number of hydrogen-bond donors (Lipinski definition) is 1. The summed E-state index contributed by atoms with van der Waals surface area (Å²) in [5, 5.41) is 3.72. The zero-order valence-electron chi connectivity index (χ0n) is 10.4. The maximum absolute atomic E-state index is 6.30. The number of nitrogens with one attached hydrogen (secondary N) is 1. The van der Waals surface area contributed by atoms with Crippen LogP contribution in [0, 0.1) is 5.92 Å². The van der Waals surface area contributed by atoms with Gasteiger partial charge in [-0.1, -0.05) is 24.3 Å². The van der Waals surface area contributed by atoms with Crippen molar-refractivity contribution in [2.75, 3.05) is 6.54 Å². The van der Waals surface area contributed by atoms with E-state index in [2.05, 4.69) is 35.7 Å². The van der Waals surface area contributed by atoms with E-state index in [9.17, 15) is 0 Å². The molecule has 4 atom stereocenters. The average molecular weight is 239 g/mol. The summed E-state index contributed by atoms with van der Waals surface area (Å²) in [4.78, 5) is 0. The predicted molar refractivity (Wildman–Crippen MR) is 69.9 cm³/mol. The van der Waals surface area contributed by atoms with E-state index in [1.807, 2.05) is 0 Å². The largest absolute Gasteiger partial charge is 0.489 e. The third kappa shape index (κ3) is 0.892.